The normalized spacial score (nSPS) is 8.36. The van der Waals surface area contributed by atoms with Crippen LogP contribution in [-0.4, -0.2) is 12.6 Å². The van der Waals surface area contributed by atoms with Crippen LogP contribution in [0.5, 0.6) is 0 Å². The maximum Gasteiger partial charge on any atom is 0.459 e. The predicted octanol–water partition coefficient (Wildman–Crippen LogP) is 2.50. The molecule has 0 aliphatic heterocycles. The van der Waals surface area contributed by atoms with Crippen LogP contribution in [0.25, 0.3) is 10.4 Å². The number of hydrogen-bond acceptors (Lipinski definition) is 2. The molecule has 0 bridgehead atoms. The average molecular weight is 190 g/mol. The topological polar surface area (TPSA) is 44.8 Å². The molecule has 0 saturated heterocycles. The molecule has 0 N–H and O–H groups in total. The maximum absolute atomic E-state index is 10.7. The standard InChI is InChI=1S/C10H10N2O2/c1-2-14-10(13)8-11-12-9-6-4-3-5-7-9/h3-7H,2H2,1H3. The van der Waals surface area contributed by atoms with E-state index in [1.165, 1.54) is 0 Å². The van der Waals surface area contributed by atoms with Gasteiger partial charge in [-0.25, -0.2) is 4.79 Å². The zero-order chi connectivity index (χ0) is 10.2. The van der Waals surface area contributed by atoms with Crippen molar-refractivity contribution in [2.45, 2.75) is 6.92 Å². The molecule has 14 heavy (non-hydrogen) atoms. The largest absolute Gasteiger partial charge is 0.459 e. The molecule has 4 nitrogen and oxygen atoms in total. The lowest BCUT2D eigenvalue weighted by atomic mass is 10.3. The van der Waals surface area contributed by atoms with Gasteiger partial charge in [0, 0.05) is 0 Å². The van der Waals surface area contributed by atoms with Gasteiger partial charge in [-0.15, -0.1) is 0 Å². The van der Waals surface area contributed by atoms with Crippen molar-refractivity contribution in [3.63, 3.8) is 0 Å². The van der Waals surface area contributed by atoms with Crippen molar-refractivity contribution in [1.82, 2.24) is 0 Å². The minimum Gasteiger partial charge on any atom is -0.452 e. The third-order valence-electron chi connectivity index (χ3n) is 1.34. The number of rotatable bonds is 2. The summed E-state index contributed by atoms with van der Waals surface area (Å²) < 4.78 is 4.58. The number of benzene rings is 1. The fourth-order valence-electron chi connectivity index (χ4n) is 0.782. The molecule has 0 unspecified atom stereocenters. The van der Waals surface area contributed by atoms with Gasteiger partial charge in [-0.1, -0.05) is 41.0 Å². The summed E-state index contributed by atoms with van der Waals surface area (Å²) in [6.07, 6.45) is 0. The number of ether oxygens (including phenoxy) is 1. The first kappa shape index (κ1) is 10.1. The highest BCUT2D eigenvalue weighted by molar-refractivity contribution is 5.87. The van der Waals surface area contributed by atoms with Crippen LogP contribution in [0.15, 0.2) is 30.3 Å². The summed E-state index contributed by atoms with van der Waals surface area (Å²) in [7, 11) is 0. The van der Waals surface area contributed by atoms with Gasteiger partial charge in [0.05, 0.1) is 6.61 Å². The van der Waals surface area contributed by atoms with Crippen LogP contribution < -0.4 is 0 Å². The van der Waals surface area contributed by atoms with E-state index in [2.05, 4.69) is 21.2 Å². The van der Waals surface area contributed by atoms with Crippen LogP contribution in [0.1, 0.15) is 6.92 Å². The fourth-order valence-corrected chi connectivity index (χ4v) is 0.782. The Balaban J connectivity index is 2.44. The maximum atomic E-state index is 10.7. The van der Waals surface area contributed by atoms with E-state index in [9.17, 15) is 4.79 Å². The van der Waals surface area contributed by atoms with Crippen LogP contribution in [0, 0.1) is 6.07 Å². The van der Waals surface area contributed by atoms with Gasteiger partial charge in [0.2, 0.25) is 0 Å². The minimum atomic E-state index is -0.604. The van der Waals surface area contributed by atoms with Crippen molar-refractivity contribution in [3.05, 3.63) is 40.7 Å². The van der Waals surface area contributed by atoms with Gasteiger partial charge in [-0.2, -0.15) is 0 Å². The lowest BCUT2D eigenvalue weighted by molar-refractivity contribution is -0.136. The Bertz CT molecular complexity index is 351. The van der Waals surface area contributed by atoms with Crippen LogP contribution >= 0.6 is 0 Å². The van der Waals surface area contributed by atoms with E-state index < -0.39 is 5.97 Å². The molecule has 0 radical (unpaired) electrons. The lowest BCUT2D eigenvalue weighted by Crippen LogP contribution is -1.98. The second kappa shape index (κ2) is 5.60. The Morgan fingerprint density at radius 1 is 1.50 bits per heavy atom. The molecule has 1 rings (SSSR count). The number of nitrogens with zero attached hydrogens (tertiary/aromatic N) is 2. The summed E-state index contributed by atoms with van der Waals surface area (Å²) in [5.74, 6) is -0.604. The molecule has 0 atom stereocenters. The zero-order valence-corrected chi connectivity index (χ0v) is 7.80. The monoisotopic (exact) mass is 190 g/mol. The summed E-state index contributed by atoms with van der Waals surface area (Å²) in [5.41, 5.74) is 4.41. The molecular weight excluding hydrogens is 180 g/mol. The van der Waals surface area contributed by atoms with E-state index in [4.69, 9.17) is 0 Å². The second-order valence-electron chi connectivity index (χ2n) is 2.37. The smallest absolute Gasteiger partial charge is 0.452 e. The summed E-state index contributed by atoms with van der Waals surface area (Å²) >= 11 is 0. The summed E-state index contributed by atoms with van der Waals surface area (Å²) in [5, 5.41) is 0. The van der Waals surface area contributed by atoms with Crippen molar-refractivity contribution in [3.8, 4) is 6.07 Å². The second-order valence-corrected chi connectivity index (χ2v) is 2.37. The summed E-state index contributed by atoms with van der Waals surface area (Å²) in [4.78, 5) is 14.2. The number of carbonyl (C=O) groups is 1. The molecule has 72 valence electrons. The van der Waals surface area contributed by atoms with E-state index in [1.807, 2.05) is 18.2 Å². The molecular formula is C10H10N2O2. The predicted molar refractivity (Wildman–Crippen MR) is 53.3 cm³/mol. The first-order valence-electron chi connectivity index (χ1n) is 4.21. The quantitative estimate of drug-likeness (QED) is 0.408. The Morgan fingerprint density at radius 3 is 2.86 bits per heavy atom. The third kappa shape index (κ3) is 3.59. The van der Waals surface area contributed by atoms with Gasteiger partial charge >= 0.3 is 12.0 Å². The van der Waals surface area contributed by atoms with Gasteiger partial charge in [0.25, 0.3) is 0 Å². The minimum absolute atomic E-state index is 0.312. The van der Waals surface area contributed by atoms with E-state index >= 15 is 0 Å². The molecule has 0 heterocycles. The summed E-state index contributed by atoms with van der Waals surface area (Å²) in [6, 6.07) is 11.2. The van der Waals surface area contributed by atoms with Crippen molar-refractivity contribution in [1.29, 1.82) is 0 Å². The van der Waals surface area contributed by atoms with Crippen LogP contribution in [-0.2, 0) is 9.53 Å². The van der Waals surface area contributed by atoms with Crippen LogP contribution in [0.3, 0.4) is 0 Å². The molecule has 0 aromatic heterocycles. The van der Waals surface area contributed by atoms with Crippen LogP contribution in [0.4, 0.5) is 5.69 Å². The highest BCUT2D eigenvalue weighted by Gasteiger charge is 2.00. The number of carbonyl (C=O) groups excluding carboxylic acids is 1. The highest BCUT2D eigenvalue weighted by Crippen LogP contribution is 2.16. The highest BCUT2D eigenvalue weighted by atomic mass is 16.5. The van der Waals surface area contributed by atoms with Crippen molar-refractivity contribution < 1.29 is 9.53 Å². The zero-order valence-electron chi connectivity index (χ0n) is 7.80. The van der Waals surface area contributed by atoms with Crippen molar-refractivity contribution in [2.24, 2.45) is 0 Å². The number of esters is 1. The molecule has 1 aromatic rings. The first-order valence-corrected chi connectivity index (χ1v) is 4.21. The van der Waals surface area contributed by atoms with E-state index in [0.717, 1.165) is 0 Å². The van der Waals surface area contributed by atoms with Gasteiger partial charge in [0.15, 0.2) is 0 Å². The number of hydrogen-bond donors (Lipinski definition) is 0. The molecule has 0 amide bonds. The van der Waals surface area contributed by atoms with Gasteiger partial charge < -0.3 is 4.74 Å². The first-order chi connectivity index (χ1) is 6.83. The molecule has 0 aliphatic carbocycles. The van der Waals surface area contributed by atoms with Gasteiger partial charge in [-0.3, -0.25) is 5.43 Å². The van der Waals surface area contributed by atoms with Gasteiger partial charge in [-0.05, 0) is 6.92 Å². The Hall–Kier alpha value is -2.02. The summed E-state index contributed by atoms with van der Waals surface area (Å²) in [6.45, 7) is 2.03. The molecule has 0 fully saturated rings. The van der Waals surface area contributed by atoms with E-state index in [1.54, 1.807) is 19.1 Å². The third-order valence-corrected chi connectivity index (χ3v) is 1.34. The van der Waals surface area contributed by atoms with Crippen molar-refractivity contribution in [2.75, 3.05) is 6.61 Å². The average Bonchev–Trinajstić information content (AvgIpc) is 2.20. The van der Waals surface area contributed by atoms with E-state index in [0.29, 0.717) is 12.3 Å². The molecule has 0 aliphatic rings. The SMILES string of the molecule is CCOC(=O)C#[N+][N-]c1ccccc1. The molecule has 1 aromatic carbocycles. The Morgan fingerprint density at radius 2 is 2.21 bits per heavy atom. The molecule has 0 saturated carbocycles. The van der Waals surface area contributed by atoms with Crippen molar-refractivity contribution >= 4 is 11.7 Å². The van der Waals surface area contributed by atoms with Crippen LogP contribution in [0.2, 0.25) is 0 Å². The van der Waals surface area contributed by atoms with E-state index in [-0.39, 0.29) is 0 Å². The fraction of sp³-hybridized carbons (Fsp3) is 0.200. The molecule has 4 heteroatoms. The van der Waals surface area contributed by atoms with Gasteiger partial charge in [0.1, 0.15) is 0 Å². The Labute approximate surface area is 82.3 Å². The Kier molecular flexibility index (Phi) is 4.02. The lowest BCUT2D eigenvalue weighted by Gasteiger charge is -1.97. The molecule has 0 spiro atoms.